The highest BCUT2D eigenvalue weighted by Crippen LogP contribution is 2.25. The normalized spacial score (nSPS) is 10.8. The van der Waals surface area contributed by atoms with Gasteiger partial charge < -0.3 is 5.21 Å². The van der Waals surface area contributed by atoms with Gasteiger partial charge in [-0.15, -0.1) is 0 Å². The first-order valence-corrected chi connectivity index (χ1v) is 4.38. The molecule has 1 aromatic rings. The number of halogens is 3. The number of hydrogen-bond donors (Lipinski definition) is 2. The van der Waals surface area contributed by atoms with E-state index in [1.807, 2.05) is 5.48 Å². The second kappa shape index (κ2) is 4.64. The summed E-state index contributed by atoms with van der Waals surface area (Å²) in [5, 5.41) is 8.41. The maximum atomic E-state index is 12.4. The van der Waals surface area contributed by atoms with Crippen LogP contribution in [-0.4, -0.2) is 5.21 Å². The van der Waals surface area contributed by atoms with Gasteiger partial charge in [-0.2, -0.15) is 0 Å². The number of benzene rings is 1. The molecule has 0 aliphatic rings. The molecule has 13 heavy (non-hydrogen) atoms. The third-order valence-corrected chi connectivity index (χ3v) is 2.10. The Balaban J connectivity index is 3.03. The molecule has 0 atom stereocenters. The van der Waals surface area contributed by atoms with E-state index in [0.29, 0.717) is 10.0 Å². The van der Waals surface area contributed by atoms with Crippen LogP contribution in [0.4, 0.5) is 8.78 Å². The maximum absolute atomic E-state index is 12.4. The molecule has 0 aromatic heterocycles. The van der Waals surface area contributed by atoms with Crippen LogP contribution < -0.4 is 5.48 Å². The lowest BCUT2D eigenvalue weighted by atomic mass is 10.1. The van der Waals surface area contributed by atoms with E-state index in [1.165, 1.54) is 6.07 Å². The van der Waals surface area contributed by atoms with Crippen molar-refractivity contribution >= 4 is 15.9 Å². The van der Waals surface area contributed by atoms with Crippen molar-refractivity contribution in [1.29, 1.82) is 0 Å². The van der Waals surface area contributed by atoms with Crippen LogP contribution in [0.5, 0.6) is 0 Å². The van der Waals surface area contributed by atoms with Crippen LogP contribution in [-0.2, 0) is 6.54 Å². The first kappa shape index (κ1) is 10.6. The van der Waals surface area contributed by atoms with Gasteiger partial charge in [-0.1, -0.05) is 22.0 Å². The lowest BCUT2D eigenvalue weighted by Gasteiger charge is -2.07. The Labute approximate surface area is 82.7 Å². The third kappa shape index (κ3) is 2.72. The fourth-order valence-electron chi connectivity index (χ4n) is 1.03. The van der Waals surface area contributed by atoms with Crippen LogP contribution in [0.3, 0.4) is 0 Å². The van der Waals surface area contributed by atoms with Crippen LogP contribution in [0, 0.1) is 0 Å². The topological polar surface area (TPSA) is 32.3 Å². The zero-order valence-corrected chi connectivity index (χ0v) is 8.18. The van der Waals surface area contributed by atoms with E-state index < -0.39 is 6.43 Å². The minimum Gasteiger partial charge on any atom is -0.316 e. The number of hydrogen-bond acceptors (Lipinski definition) is 2. The van der Waals surface area contributed by atoms with Crippen molar-refractivity contribution in [3.05, 3.63) is 33.8 Å². The summed E-state index contributed by atoms with van der Waals surface area (Å²) < 4.78 is 25.4. The molecular weight excluding hydrogens is 244 g/mol. The van der Waals surface area contributed by atoms with E-state index in [9.17, 15) is 8.78 Å². The van der Waals surface area contributed by atoms with E-state index in [0.717, 1.165) is 0 Å². The molecule has 0 bridgehead atoms. The number of nitrogens with one attached hydrogen (secondary N) is 1. The van der Waals surface area contributed by atoms with Gasteiger partial charge in [0.1, 0.15) is 0 Å². The highest BCUT2D eigenvalue weighted by Gasteiger charge is 2.12. The Morgan fingerprint density at radius 2 is 2.15 bits per heavy atom. The summed E-state index contributed by atoms with van der Waals surface area (Å²) >= 11 is 3.16. The molecule has 0 spiro atoms. The Morgan fingerprint density at radius 3 is 2.69 bits per heavy atom. The van der Waals surface area contributed by atoms with Crippen molar-refractivity contribution in [2.45, 2.75) is 13.0 Å². The van der Waals surface area contributed by atoms with Gasteiger partial charge in [-0.25, -0.2) is 14.3 Å². The average molecular weight is 252 g/mol. The van der Waals surface area contributed by atoms with Gasteiger partial charge in [0.2, 0.25) is 0 Å². The first-order valence-electron chi connectivity index (χ1n) is 3.58. The molecule has 0 aliphatic heterocycles. The Kier molecular flexibility index (Phi) is 3.77. The van der Waals surface area contributed by atoms with E-state index in [1.54, 1.807) is 12.1 Å². The van der Waals surface area contributed by atoms with Crippen molar-refractivity contribution in [3.8, 4) is 0 Å². The highest BCUT2D eigenvalue weighted by atomic mass is 79.9. The molecule has 72 valence electrons. The van der Waals surface area contributed by atoms with Crippen molar-refractivity contribution in [2.24, 2.45) is 0 Å². The second-order valence-electron chi connectivity index (χ2n) is 2.48. The lowest BCUT2D eigenvalue weighted by molar-refractivity contribution is 0.142. The van der Waals surface area contributed by atoms with Gasteiger partial charge in [0.25, 0.3) is 6.43 Å². The van der Waals surface area contributed by atoms with Gasteiger partial charge in [-0.05, 0) is 17.7 Å². The van der Waals surface area contributed by atoms with E-state index in [4.69, 9.17) is 5.21 Å². The standard InChI is InChI=1S/C8H8BrF2NO/c9-6-1-2-7(8(10)11)5(3-6)4-12-13/h1-3,8,12-13H,4H2. The fraction of sp³-hybridized carbons (Fsp3) is 0.250. The summed E-state index contributed by atoms with van der Waals surface area (Å²) in [5.74, 6) is 0. The molecule has 0 saturated carbocycles. The Bertz CT molecular complexity index is 293. The lowest BCUT2D eigenvalue weighted by Crippen LogP contribution is -2.08. The minimum atomic E-state index is -2.52. The van der Waals surface area contributed by atoms with E-state index >= 15 is 0 Å². The van der Waals surface area contributed by atoms with Gasteiger partial charge in [0.15, 0.2) is 0 Å². The third-order valence-electron chi connectivity index (χ3n) is 1.61. The number of alkyl halides is 2. The smallest absolute Gasteiger partial charge is 0.264 e. The van der Waals surface area contributed by atoms with Crippen LogP contribution >= 0.6 is 15.9 Å². The van der Waals surface area contributed by atoms with E-state index in [2.05, 4.69) is 15.9 Å². The molecule has 0 radical (unpaired) electrons. The monoisotopic (exact) mass is 251 g/mol. The quantitative estimate of drug-likeness (QED) is 0.810. The predicted octanol–water partition coefficient (Wildman–Crippen LogP) is 2.87. The summed E-state index contributed by atoms with van der Waals surface area (Å²) in [6.07, 6.45) is -2.52. The molecule has 0 saturated heterocycles. The van der Waals surface area contributed by atoms with Gasteiger partial charge in [-0.3, -0.25) is 0 Å². The molecule has 0 unspecified atom stereocenters. The molecule has 0 amide bonds. The molecule has 2 N–H and O–H groups in total. The van der Waals surface area contributed by atoms with Crippen LogP contribution in [0.25, 0.3) is 0 Å². The molecule has 1 rings (SSSR count). The van der Waals surface area contributed by atoms with Crippen molar-refractivity contribution in [3.63, 3.8) is 0 Å². The van der Waals surface area contributed by atoms with Crippen molar-refractivity contribution < 1.29 is 14.0 Å². The van der Waals surface area contributed by atoms with Crippen LogP contribution in [0.15, 0.2) is 22.7 Å². The second-order valence-corrected chi connectivity index (χ2v) is 3.39. The maximum Gasteiger partial charge on any atom is 0.264 e. The number of hydroxylamine groups is 1. The predicted molar refractivity (Wildman–Crippen MR) is 47.7 cm³/mol. The van der Waals surface area contributed by atoms with Gasteiger partial charge in [0.05, 0.1) is 0 Å². The zero-order chi connectivity index (χ0) is 9.84. The summed E-state index contributed by atoms with van der Waals surface area (Å²) in [4.78, 5) is 0. The molecule has 0 heterocycles. The number of rotatable bonds is 3. The zero-order valence-electron chi connectivity index (χ0n) is 6.60. The summed E-state index contributed by atoms with van der Waals surface area (Å²) in [6.45, 7) is 0.0130. The summed E-state index contributed by atoms with van der Waals surface area (Å²) in [6, 6.07) is 4.43. The average Bonchev–Trinajstić information content (AvgIpc) is 2.04. The fourth-order valence-corrected chi connectivity index (χ4v) is 1.43. The molecule has 0 fully saturated rings. The van der Waals surface area contributed by atoms with Crippen molar-refractivity contribution in [2.75, 3.05) is 0 Å². The molecule has 2 nitrogen and oxygen atoms in total. The minimum absolute atomic E-state index is 0.0130. The summed E-state index contributed by atoms with van der Waals surface area (Å²) in [7, 11) is 0. The van der Waals surface area contributed by atoms with E-state index in [-0.39, 0.29) is 12.1 Å². The highest BCUT2D eigenvalue weighted by molar-refractivity contribution is 9.10. The molecular formula is C8H8BrF2NO. The SMILES string of the molecule is ONCc1cc(Br)ccc1C(F)F. The molecule has 1 aromatic carbocycles. The van der Waals surface area contributed by atoms with Gasteiger partial charge in [0, 0.05) is 16.6 Å². The molecule has 0 aliphatic carbocycles. The van der Waals surface area contributed by atoms with Crippen LogP contribution in [0.2, 0.25) is 0 Å². The Hall–Kier alpha value is -0.520. The van der Waals surface area contributed by atoms with Gasteiger partial charge >= 0.3 is 0 Å². The van der Waals surface area contributed by atoms with Crippen molar-refractivity contribution in [1.82, 2.24) is 5.48 Å². The molecule has 5 heteroatoms. The Morgan fingerprint density at radius 1 is 1.46 bits per heavy atom. The van der Waals surface area contributed by atoms with Crippen LogP contribution in [0.1, 0.15) is 17.6 Å². The largest absolute Gasteiger partial charge is 0.316 e. The first-order chi connectivity index (χ1) is 6.15. The summed E-state index contributed by atoms with van der Waals surface area (Å²) in [5.41, 5.74) is 2.17.